The first kappa shape index (κ1) is 8.85. The van der Waals surface area contributed by atoms with Crippen molar-refractivity contribution in [2.75, 3.05) is 6.54 Å². The maximum Gasteiger partial charge on any atom is 0.141 e. The Morgan fingerprint density at radius 2 is 2.38 bits per heavy atom. The summed E-state index contributed by atoms with van der Waals surface area (Å²) in [5, 5.41) is 0.690. The molecule has 1 atom stereocenters. The fourth-order valence-corrected chi connectivity index (χ4v) is 1.83. The number of para-hydroxylation sites is 1. The smallest absolute Gasteiger partial charge is 0.141 e. The molecule has 1 heterocycles. The Bertz CT molecular complexity index is 314. The van der Waals surface area contributed by atoms with Gasteiger partial charge in [0.15, 0.2) is 0 Å². The van der Waals surface area contributed by atoms with Gasteiger partial charge < -0.3 is 10.5 Å². The van der Waals surface area contributed by atoms with Crippen LogP contribution in [-0.4, -0.2) is 12.6 Å². The van der Waals surface area contributed by atoms with E-state index in [1.807, 2.05) is 18.2 Å². The zero-order chi connectivity index (χ0) is 9.26. The van der Waals surface area contributed by atoms with Gasteiger partial charge in [0.05, 0.1) is 5.02 Å². The van der Waals surface area contributed by atoms with Crippen molar-refractivity contribution in [2.24, 2.45) is 5.73 Å². The molecule has 0 radical (unpaired) electrons. The summed E-state index contributed by atoms with van der Waals surface area (Å²) in [5.41, 5.74) is 6.73. The van der Waals surface area contributed by atoms with Crippen molar-refractivity contribution in [1.82, 2.24) is 0 Å². The molecule has 1 aliphatic rings. The van der Waals surface area contributed by atoms with E-state index in [-0.39, 0.29) is 6.10 Å². The van der Waals surface area contributed by atoms with Gasteiger partial charge in [0.1, 0.15) is 11.9 Å². The maximum atomic E-state index is 6.00. The van der Waals surface area contributed by atoms with Crippen LogP contribution in [0, 0.1) is 0 Å². The largest absolute Gasteiger partial charge is 0.487 e. The number of rotatable bonds is 1. The van der Waals surface area contributed by atoms with Crippen molar-refractivity contribution >= 4 is 11.6 Å². The fraction of sp³-hybridized carbons (Fsp3) is 0.400. The van der Waals surface area contributed by atoms with Crippen LogP contribution in [-0.2, 0) is 6.42 Å². The highest BCUT2D eigenvalue weighted by atomic mass is 35.5. The summed E-state index contributed by atoms with van der Waals surface area (Å²) >= 11 is 6.00. The Balaban J connectivity index is 2.32. The van der Waals surface area contributed by atoms with Crippen molar-refractivity contribution in [1.29, 1.82) is 0 Å². The number of benzene rings is 1. The molecule has 0 aromatic heterocycles. The third kappa shape index (κ3) is 1.64. The molecule has 2 rings (SSSR count). The molecule has 0 bridgehead atoms. The molecule has 1 aliphatic heterocycles. The van der Waals surface area contributed by atoms with Crippen molar-refractivity contribution in [3.63, 3.8) is 0 Å². The van der Waals surface area contributed by atoms with Crippen molar-refractivity contribution in [3.8, 4) is 5.75 Å². The molecule has 0 aliphatic carbocycles. The van der Waals surface area contributed by atoms with Gasteiger partial charge in [-0.2, -0.15) is 0 Å². The molecule has 1 aromatic rings. The van der Waals surface area contributed by atoms with E-state index in [1.54, 1.807) is 0 Å². The normalized spacial score (nSPS) is 20.6. The van der Waals surface area contributed by atoms with E-state index in [0.29, 0.717) is 11.6 Å². The molecule has 0 saturated heterocycles. The lowest BCUT2D eigenvalue weighted by molar-refractivity contribution is 0.181. The van der Waals surface area contributed by atoms with Crippen LogP contribution in [0.5, 0.6) is 5.75 Å². The molecular formula is C10H12ClNO. The zero-order valence-electron chi connectivity index (χ0n) is 7.29. The Kier molecular flexibility index (Phi) is 2.42. The van der Waals surface area contributed by atoms with Crippen LogP contribution in [0.2, 0.25) is 5.02 Å². The number of aryl methyl sites for hydroxylation is 1. The summed E-state index contributed by atoms with van der Waals surface area (Å²) in [6, 6.07) is 5.85. The average molecular weight is 198 g/mol. The highest BCUT2D eigenvalue weighted by Crippen LogP contribution is 2.33. The van der Waals surface area contributed by atoms with Gasteiger partial charge in [0, 0.05) is 6.54 Å². The lowest BCUT2D eigenvalue weighted by atomic mass is 10.0. The molecule has 0 spiro atoms. The van der Waals surface area contributed by atoms with E-state index >= 15 is 0 Å². The Labute approximate surface area is 82.6 Å². The van der Waals surface area contributed by atoms with Crippen molar-refractivity contribution in [2.45, 2.75) is 18.9 Å². The van der Waals surface area contributed by atoms with Gasteiger partial charge in [0.25, 0.3) is 0 Å². The predicted molar refractivity (Wildman–Crippen MR) is 53.2 cm³/mol. The van der Waals surface area contributed by atoms with E-state index in [2.05, 4.69) is 0 Å². The minimum atomic E-state index is 0.132. The number of hydrogen-bond acceptors (Lipinski definition) is 2. The van der Waals surface area contributed by atoms with Crippen molar-refractivity contribution in [3.05, 3.63) is 28.8 Å². The van der Waals surface area contributed by atoms with Gasteiger partial charge in [-0.25, -0.2) is 0 Å². The van der Waals surface area contributed by atoms with Crippen molar-refractivity contribution < 1.29 is 4.74 Å². The molecule has 3 heteroatoms. The molecule has 0 amide bonds. The zero-order valence-corrected chi connectivity index (χ0v) is 8.05. The summed E-state index contributed by atoms with van der Waals surface area (Å²) in [4.78, 5) is 0. The lowest BCUT2D eigenvalue weighted by Crippen LogP contribution is -2.30. The number of fused-ring (bicyclic) bond motifs is 1. The second kappa shape index (κ2) is 3.56. The third-order valence-electron chi connectivity index (χ3n) is 2.33. The Morgan fingerprint density at radius 3 is 3.15 bits per heavy atom. The number of ether oxygens (including phenoxy) is 1. The highest BCUT2D eigenvalue weighted by molar-refractivity contribution is 6.32. The topological polar surface area (TPSA) is 35.2 Å². The second-order valence-electron chi connectivity index (χ2n) is 3.24. The molecule has 2 N–H and O–H groups in total. The fourth-order valence-electron chi connectivity index (χ4n) is 1.59. The molecule has 1 aromatic carbocycles. The molecular weight excluding hydrogens is 186 g/mol. The van der Waals surface area contributed by atoms with Gasteiger partial charge in [0.2, 0.25) is 0 Å². The van der Waals surface area contributed by atoms with Crippen LogP contribution in [0.25, 0.3) is 0 Å². The van der Waals surface area contributed by atoms with Crippen LogP contribution < -0.4 is 10.5 Å². The van der Waals surface area contributed by atoms with Gasteiger partial charge in [-0.1, -0.05) is 23.7 Å². The second-order valence-corrected chi connectivity index (χ2v) is 3.65. The first-order valence-electron chi connectivity index (χ1n) is 4.45. The summed E-state index contributed by atoms with van der Waals surface area (Å²) in [5.74, 6) is 0.825. The van der Waals surface area contributed by atoms with Gasteiger partial charge in [-0.3, -0.25) is 0 Å². The molecule has 0 fully saturated rings. The summed E-state index contributed by atoms with van der Waals surface area (Å²) < 4.78 is 5.65. The van der Waals surface area contributed by atoms with Gasteiger partial charge in [-0.15, -0.1) is 0 Å². The minimum Gasteiger partial charge on any atom is -0.487 e. The monoisotopic (exact) mass is 197 g/mol. The van der Waals surface area contributed by atoms with E-state index in [4.69, 9.17) is 22.1 Å². The standard InChI is InChI=1S/C10H12ClNO/c11-9-3-1-2-7-4-5-8(6-12)13-10(7)9/h1-3,8H,4-6,12H2. The average Bonchev–Trinajstić information content (AvgIpc) is 2.18. The maximum absolute atomic E-state index is 6.00. The number of halogens is 1. The van der Waals surface area contributed by atoms with Crippen LogP contribution in [0.4, 0.5) is 0 Å². The van der Waals surface area contributed by atoms with E-state index in [9.17, 15) is 0 Å². The summed E-state index contributed by atoms with van der Waals surface area (Å²) in [6.45, 7) is 0.560. The minimum absolute atomic E-state index is 0.132. The molecule has 13 heavy (non-hydrogen) atoms. The molecule has 0 saturated carbocycles. The van der Waals surface area contributed by atoms with Crippen LogP contribution >= 0.6 is 11.6 Å². The number of hydrogen-bond donors (Lipinski definition) is 1. The highest BCUT2D eigenvalue weighted by Gasteiger charge is 2.19. The third-order valence-corrected chi connectivity index (χ3v) is 2.63. The van der Waals surface area contributed by atoms with Gasteiger partial charge >= 0.3 is 0 Å². The van der Waals surface area contributed by atoms with Crippen LogP contribution in [0.15, 0.2) is 18.2 Å². The van der Waals surface area contributed by atoms with Crippen LogP contribution in [0.3, 0.4) is 0 Å². The predicted octanol–water partition coefficient (Wildman–Crippen LogP) is 1.99. The van der Waals surface area contributed by atoms with E-state index in [0.717, 1.165) is 18.6 Å². The molecule has 1 unspecified atom stereocenters. The lowest BCUT2D eigenvalue weighted by Gasteiger charge is -2.25. The SMILES string of the molecule is NCC1CCc2cccc(Cl)c2O1. The Hall–Kier alpha value is -0.730. The first-order valence-corrected chi connectivity index (χ1v) is 4.83. The van der Waals surface area contributed by atoms with Gasteiger partial charge in [-0.05, 0) is 24.5 Å². The molecule has 70 valence electrons. The quantitative estimate of drug-likeness (QED) is 0.748. The summed E-state index contributed by atoms with van der Waals surface area (Å²) in [6.07, 6.45) is 2.13. The summed E-state index contributed by atoms with van der Waals surface area (Å²) in [7, 11) is 0. The Morgan fingerprint density at radius 1 is 1.54 bits per heavy atom. The first-order chi connectivity index (χ1) is 6.31. The molecule has 2 nitrogen and oxygen atoms in total. The van der Waals surface area contributed by atoms with E-state index < -0.39 is 0 Å². The number of nitrogens with two attached hydrogens (primary N) is 1. The van der Waals surface area contributed by atoms with Crippen LogP contribution in [0.1, 0.15) is 12.0 Å². The van der Waals surface area contributed by atoms with E-state index in [1.165, 1.54) is 5.56 Å².